The predicted molar refractivity (Wildman–Crippen MR) is 64.0 cm³/mol. The second-order valence-corrected chi connectivity index (χ2v) is 4.89. The van der Waals surface area contributed by atoms with Crippen LogP contribution in [-0.2, 0) is 6.42 Å². The van der Waals surface area contributed by atoms with Crippen LogP contribution in [-0.4, -0.2) is 0 Å². The van der Waals surface area contributed by atoms with Crippen LogP contribution >= 0.6 is 0 Å². The maximum absolute atomic E-state index is 14.0. The highest BCUT2D eigenvalue weighted by Crippen LogP contribution is 2.42. The van der Waals surface area contributed by atoms with Gasteiger partial charge in [-0.05, 0) is 42.5 Å². The molecule has 0 saturated heterocycles. The van der Waals surface area contributed by atoms with Crippen molar-refractivity contribution in [2.24, 2.45) is 0 Å². The van der Waals surface area contributed by atoms with Gasteiger partial charge in [-0.15, -0.1) is 0 Å². The first kappa shape index (κ1) is 12.2. The number of fused-ring (bicyclic) bond motifs is 3. The van der Waals surface area contributed by atoms with E-state index in [1.165, 1.54) is 26.0 Å². The Balaban J connectivity index is 2.40. The van der Waals surface area contributed by atoms with Gasteiger partial charge in [-0.25, -0.2) is 17.6 Å². The van der Waals surface area contributed by atoms with E-state index in [2.05, 4.69) is 0 Å². The zero-order valence-corrected chi connectivity index (χ0v) is 10.4. The summed E-state index contributed by atoms with van der Waals surface area (Å²) in [7, 11) is 0. The quantitative estimate of drug-likeness (QED) is 0.528. The molecule has 0 nitrogen and oxygen atoms in total. The molecular weight excluding hydrogens is 256 g/mol. The first-order valence-corrected chi connectivity index (χ1v) is 5.87. The number of rotatable bonds is 0. The van der Waals surface area contributed by atoms with E-state index in [4.69, 9.17) is 0 Å². The Morgan fingerprint density at radius 1 is 0.684 bits per heavy atom. The second kappa shape index (κ2) is 3.83. The van der Waals surface area contributed by atoms with E-state index in [-0.39, 0.29) is 22.3 Å². The Bertz CT molecular complexity index is 656. The van der Waals surface area contributed by atoms with Crippen LogP contribution < -0.4 is 0 Å². The van der Waals surface area contributed by atoms with E-state index in [1.807, 2.05) is 0 Å². The summed E-state index contributed by atoms with van der Waals surface area (Å²) in [5, 5.41) is 0. The zero-order valence-electron chi connectivity index (χ0n) is 10.4. The van der Waals surface area contributed by atoms with Gasteiger partial charge in [-0.1, -0.05) is 12.1 Å². The topological polar surface area (TPSA) is 0 Å². The van der Waals surface area contributed by atoms with Crippen molar-refractivity contribution in [3.63, 3.8) is 0 Å². The molecule has 0 aliphatic heterocycles. The lowest BCUT2D eigenvalue weighted by atomic mass is 10.0. The van der Waals surface area contributed by atoms with Crippen molar-refractivity contribution >= 4 is 0 Å². The monoisotopic (exact) mass is 266 g/mol. The summed E-state index contributed by atoms with van der Waals surface area (Å²) < 4.78 is 55.2. The smallest absolute Gasteiger partial charge is 0.167 e. The molecule has 0 N–H and O–H groups in total. The van der Waals surface area contributed by atoms with E-state index in [9.17, 15) is 17.6 Å². The molecule has 0 fully saturated rings. The largest absolute Gasteiger partial charge is 0.203 e. The maximum atomic E-state index is 14.0. The zero-order chi connectivity index (χ0) is 13.9. The highest BCUT2D eigenvalue weighted by atomic mass is 19.2. The summed E-state index contributed by atoms with van der Waals surface area (Å²) in [6.07, 6.45) is 0.292. The average Bonchev–Trinajstić information content (AvgIpc) is 2.71. The van der Waals surface area contributed by atoms with Crippen molar-refractivity contribution in [1.29, 1.82) is 0 Å². The molecule has 4 heteroatoms. The highest BCUT2D eigenvalue weighted by Gasteiger charge is 2.30. The molecule has 3 rings (SSSR count). The van der Waals surface area contributed by atoms with Crippen LogP contribution in [0.2, 0.25) is 0 Å². The van der Waals surface area contributed by atoms with Crippen LogP contribution in [0.25, 0.3) is 11.1 Å². The number of hydrogen-bond acceptors (Lipinski definition) is 0. The van der Waals surface area contributed by atoms with E-state index in [0.717, 1.165) is 0 Å². The molecule has 0 amide bonds. The van der Waals surface area contributed by atoms with Gasteiger partial charge in [0.25, 0.3) is 0 Å². The average molecular weight is 266 g/mol. The van der Waals surface area contributed by atoms with Crippen LogP contribution in [0.5, 0.6) is 0 Å². The van der Waals surface area contributed by atoms with Gasteiger partial charge in [0, 0.05) is 11.1 Å². The minimum Gasteiger partial charge on any atom is -0.203 e. The lowest BCUT2D eigenvalue weighted by molar-refractivity contribution is 0.496. The van der Waals surface area contributed by atoms with Gasteiger partial charge in [0.15, 0.2) is 23.3 Å². The summed E-state index contributed by atoms with van der Waals surface area (Å²) in [5.74, 6) is -4.22. The predicted octanol–water partition coefficient (Wildman–Crippen LogP) is 4.43. The summed E-state index contributed by atoms with van der Waals surface area (Å²) >= 11 is 0. The Hall–Kier alpha value is -1.84. The number of halogens is 4. The molecule has 0 bridgehead atoms. The van der Waals surface area contributed by atoms with Crippen molar-refractivity contribution in [2.75, 3.05) is 0 Å². The van der Waals surface area contributed by atoms with Gasteiger partial charge in [0.05, 0.1) is 0 Å². The van der Waals surface area contributed by atoms with Crippen molar-refractivity contribution in [3.05, 3.63) is 57.7 Å². The SMILES string of the molecule is Cc1cc2c(c(F)c1F)-c1c(cc(C)c(F)c1F)C2. The minimum absolute atomic E-state index is 0.144. The van der Waals surface area contributed by atoms with Crippen molar-refractivity contribution in [3.8, 4) is 11.1 Å². The van der Waals surface area contributed by atoms with Crippen LogP contribution in [0.1, 0.15) is 22.3 Å². The fraction of sp³-hybridized carbons (Fsp3) is 0.200. The fourth-order valence-electron chi connectivity index (χ4n) is 2.67. The summed E-state index contributed by atoms with van der Waals surface area (Å²) in [4.78, 5) is 0. The van der Waals surface area contributed by atoms with E-state index >= 15 is 0 Å². The second-order valence-electron chi connectivity index (χ2n) is 4.89. The minimum atomic E-state index is -1.10. The Labute approximate surface area is 107 Å². The summed E-state index contributed by atoms with van der Waals surface area (Å²) in [6.45, 7) is 2.90. The van der Waals surface area contributed by atoms with Crippen molar-refractivity contribution in [1.82, 2.24) is 0 Å². The molecule has 0 radical (unpaired) electrons. The number of aryl methyl sites for hydroxylation is 2. The van der Waals surface area contributed by atoms with Crippen LogP contribution in [0.4, 0.5) is 17.6 Å². The molecular formula is C15H10F4. The molecule has 0 heterocycles. The van der Waals surface area contributed by atoms with Crippen LogP contribution in [0.15, 0.2) is 12.1 Å². The van der Waals surface area contributed by atoms with Crippen molar-refractivity contribution in [2.45, 2.75) is 20.3 Å². The Kier molecular flexibility index (Phi) is 2.46. The summed E-state index contributed by atoms with van der Waals surface area (Å²) in [6, 6.07) is 2.97. The van der Waals surface area contributed by atoms with Crippen LogP contribution in [0, 0.1) is 37.1 Å². The molecule has 0 aromatic heterocycles. The Morgan fingerprint density at radius 2 is 1.05 bits per heavy atom. The number of hydrogen-bond donors (Lipinski definition) is 0. The third-order valence-corrected chi connectivity index (χ3v) is 3.57. The van der Waals surface area contributed by atoms with E-state index < -0.39 is 23.3 Å². The van der Waals surface area contributed by atoms with Crippen molar-refractivity contribution < 1.29 is 17.6 Å². The van der Waals surface area contributed by atoms with Gasteiger partial charge in [-0.3, -0.25) is 0 Å². The normalized spacial score (nSPS) is 12.5. The molecule has 2 aromatic rings. The number of benzene rings is 2. The van der Waals surface area contributed by atoms with Gasteiger partial charge < -0.3 is 0 Å². The molecule has 0 unspecified atom stereocenters. The third-order valence-electron chi connectivity index (χ3n) is 3.57. The Morgan fingerprint density at radius 3 is 1.42 bits per heavy atom. The molecule has 98 valence electrons. The molecule has 1 aliphatic carbocycles. The molecule has 0 saturated carbocycles. The first-order chi connectivity index (χ1) is 8.91. The lowest BCUT2D eigenvalue weighted by Gasteiger charge is -2.08. The summed E-state index contributed by atoms with van der Waals surface area (Å²) in [5.41, 5.74) is 1.04. The van der Waals surface area contributed by atoms with E-state index in [1.54, 1.807) is 0 Å². The van der Waals surface area contributed by atoms with Gasteiger partial charge in [0.1, 0.15) is 0 Å². The van der Waals surface area contributed by atoms with Gasteiger partial charge >= 0.3 is 0 Å². The van der Waals surface area contributed by atoms with Crippen LogP contribution in [0.3, 0.4) is 0 Å². The molecule has 19 heavy (non-hydrogen) atoms. The van der Waals surface area contributed by atoms with Gasteiger partial charge in [0.2, 0.25) is 0 Å². The third kappa shape index (κ3) is 1.52. The first-order valence-electron chi connectivity index (χ1n) is 5.87. The standard InChI is InChI=1S/C15H10F4/c1-6-3-8-5-9-4-7(2)13(17)15(19)11(9)10(8)14(18)12(6)16/h3-4H,5H2,1-2H3. The molecule has 2 aromatic carbocycles. The maximum Gasteiger partial charge on any atom is 0.167 e. The van der Waals surface area contributed by atoms with Gasteiger partial charge in [-0.2, -0.15) is 0 Å². The lowest BCUT2D eigenvalue weighted by Crippen LogP contribution is -1.98. The molecule has 0 atom stereocenters. The fourth-order valence-corrected chi connectivity index (χ4v) is 2.67. The highest BCUT2D eigenvalue weighted by molar-refractivity contribution is 5.78. The molecule has 0 spiro atoms. The molecule has 1 aliphatic rings. The van der Waals surface area contributed by atoms with E-state index in [0.29, 0.717) is 17.5 Å².